The van der Waals surface area contributed by atoms with Crippen molar-refractivity contribution in [3.8, 4) is 0 Å². The van der Waals surface area contributed by atoms with Gasteiger partial charge in [-0.05, 0) is 32.1 Å². The van der Waals surface area contributed by atoms with E-state index in [0.717, 1.165) is 12.0 Å². The zero-order valence-electron chi connectivity index (χ0n) is 7.60. The SMILES string of the molecule is CNC(CSC)C1CCCC1. The molecule has 1 nitrogen and oxygen atoms in total. The predicted octanol–water partition coefficient (Wildman–Crippen LogP) is 2.13. The molecule has 0 heterocycles. The minimum atomic E-state index is 0.771. The van der Waals surface area contributed by atoms with E-state index >= 15 is 0 Å². The summed E-state index contributed by atoms with van der Waals surface area (Å²) in [6.07, 6.45) is 8.01. The second kappa shape index (κ2) is 5.04. The van der Waals surface area contributed by atoms with Gasteiger partial charge in [0.05, 0.1) is 0 Å². The number of rotatable bonds is 4. The average Bonchev–Trinajstić information content (AvgIpc) is 2.52. The standard InChI is InChI=1S/C9H19NS/c1-10-9(7-11-2)8-5-3-4-6-8/h8-10H,3-7H2,1-2H3. The van der Waals surface area contributed by atoms with Crippen LogP contribution in [-0.4, -0.2) is 25.1 Å². The maximum absolute atomic E-state index is 3.42. The van der Waals surface area contributed by atoms with Crippen LogP contribution in [0.5, 0.6) is 0 Å². The molecule has 0 spiro atoms. The number of nitrogens with one attached hydrogen (secondary N) is 1. The van der Waals surface area contributed by atoms with Crippen LogP contribution in [0.1, 0.15) is 25.7 Å². The van der Waals surface area contributed by atoms with Gasteiger partial charge in [-0.1, -0.05) is 12.8 Å². The fourth-order valence-electron chi connectivity index (χ4n) is 1.99. The second-order valence-electron chi connectivity index (χ2n) is 3.40. The molecule has 1 N–H and O–H groups in total. The van der Waals surface area contributed by atoms with Gasteiger partial charge in [0.1, 0.15) is 0 Å². The first-order chi connectivity index (χ1) is 5.38. The Morgan fingerprint density at radius 1 is 1.45 bits per heavy atom. The summed E-state index contributed by atoms with van der Waals surface area (Å²) in [5.74, 6) is 2.24. The molecule has 1 fully saturated rings. The first kappa shape index (κ1) is 9.40. The Kier molecular flexibility index (Phi) is 4.31. The van der Waals surface area contributed by atoms with Crippen molar-refractivity contribution in [1.29, 1.82) is 0 Å². The summed E-state index contributed by atoms with van der Waals surface area (Å²) in [4.78, 5) is 0. The van der Waals surface area contributed by atoms with Gasteiger partial charge in [0, 0.05) is 11.8 Å². The van der Waals surface area contributed by atoms with Crippen LogP contribution in [0.2, 0.25) is 0 Å². The highest BCUT2D eigenvalue weighted by Crippen LogP contribution is 2.28. The highest BCUT2D eigenvalue weighted by Gasteiger charge is 2.22. The third-order valence-electron chi connectivity index (χ3n) is 2.69. The topological polar surface area (TPSA) is 12.0 Å². The van der Waals surface area contributed by atoms with E-state index in [1.165, 1.54) is 31.4 Å². The minimum absolute atomic E-state index is 0.771. The molecule has 0 amide bonds. The van der Waals surface area contributed by atoms with Gasteiger partial charge in [-0.15, -0.1) is 0 Å². The number of hydrogen-bond donors (Lipinski definition) is 1. The molecule has 11 heavy (non-hydrogen) atoms. The minimum Gasteiger partial charge on any atom is -0.316 e. The van der Waals surface area contributed by atoms with Crippen molar-refractivity contribution in [2.75, 3.05) is 19.1 Å². The van der Waals surface area contributed by atoms with E-state index in [1.54, 1.807) is 0 Å². The fourth-order valence-corrected chi connectivity index (χ4v) is 2.79. The van der Waals surface area contributed by atoms with Gasteiger partial charge in [-0.25, -0.2) is 0 Å². The average molecular weight is 173 g/mol. The lowest BCUT2D eigenvalue weighted by Gasteiger charge is -2.21. The Bertz CT molecular complexity index is 99.7. The van der Waals surface area contributed by atoms with Crippen LogP contribution in [0.3, 0.4) is 0 Å². The van der Waals surface area contributed by atoms with E-state index in [9.17, 15) is 0 Å². The third-order valence-corrected chi connectivity index (χ3v) is 3.38. The fraction of sp³-hybridized carbons (Fsp3) is 1.00. The van der Waals surface area contributed by atoms with Gasteiger partial charge in [0.2, 0.25) is 0 Å². The van der Waals surface area contributed by atoms with Crippen LogP contribution in [0.25, 0.3) is 0 Å². The molecule has 0 radical (unpaired) electrons. The largest absolute Gasteiger partial charge is 0.316 e. The molecule has 1 rings (SSSR count). The van der Waals surface area contributed by atoms with Crippen molar-refractivity contribution in [1.82, 2.24) is 5.32 Å². The van der Waals surface area contributed by atoms with Crippen molar-refractivity contribution < 1.29 is 0 Å². The van der Waals surface area contributed by atoms with Crippen LogP contribution >= 0.6 is 11.8 Å². The van der Waals surface area contributed by atoms with Crippen molar-refractivity contribution in [2.45, 2.75) is 31.7 Å². The second-order valence-corrected chi connectivity index (χ2v) is 4.31. The van der Waals surface area contributed by atoms with Crippen molar-refractivity contribution in [3.63, 3.8) is 0 Å². The van der Waals surface area contributed by atoms with Crippen LogP contribution in [0, 0.1) is 5.92 Å². The number of thioether (sulfide) groups is 1. The molecular weight excluding hydrogens is 154 g/mol. The summed E-state index contributed by atoms with van der Waals surface area (Å²) in [7, 11) is 2.10. The van der Waals surface area contributed by atoms with Gasteiger partial charge in [-0.3, -0.25) is 0 Å². The number of hydrogen-bond acceptors (Lipinski definition) is 2. The predicted molar refractivity (Wildman–Crippen MR) is 53.2 cm³/mol. The third kappa shape index (κ3) is 2.68. The molecule has 1 atom stereocenters. The summed E-state index contributed by atoms with van der Waals surface area (Å²) in [6.45, 7) is 0. The summed E-state index contributed by atoms with van der Waals surface area (Å²) >= 11 is 1.96. The molecule has 0 aromatic rings. The Labute approximate surface area is 74.3 Å². The highest BCUT2D eigenvalue weighted by molar-refractivity contribution is 7.98. The zero-order chi connectivity index (χ0) is 8.10. The molecule has 0 aromatic heterocycles. The maximum Gasteiger partial charge on any atom is 0.0183 e. The first-order valence-corrected chi connectivity index (χ1v) is 5.94. The monoisotopic (exact) mass is 173 g/mol. The Morgan fingerprint density at radius 3 is 2.55 bits per heavy atom. The van der Waals surface area contributed by atoms with E-state index in [2.05, 4.69) is 18.6 Å². The molecule has 1 aliphatic carbocycles. The Balaban J connectivity index is 2.27. The van der Waals surface area contributed by atoms with E-state index in [-0.39, 0.29) is 0 Å². The maximum atomic E-state index is 3.42. The molecule has 1 aliphatic rings. The molecule has 0 aromatic carbocycles. The summed E-state index contributed by atoms with van der Waals surface area (Å²) in [5, 5.41) is 3.42. The molecule has 0 saturated heterocycles. The summed E-state index contributed by atoms with van der Waals surface area (Å²) in [6, 6.07) is 0.771. The smallest absolute Gasteiger partial charge is 0.0183 e. The molecule has 1 unspecified atom stereocenters. The molecule has 1 saturated carbocycles. The van der Waals surface area contributed by atoms with E-state index in [0.29, 0.717) is 0 Å². The molecular formula is C9H19NS. The lowest BCUT2D eigenvalue weighted by molar-refractivity contribution is 0.410. The lowest BCUT2D eigenvalue weighted by atomic mass is 10.0. The Morgan fingerprint density at radius 2 is 2.09 bits per heavy atom. The Hall–Kier alpha value is 0.310. The quantitative estimate of drug-likeness (QED) is 0.699. The van der Waals surface area contributed by atoms with Crippen molar-refractivity contribution >= 4 is 11.8 Å². The van der Waals surface area contributed by atoms with Gasteiger partial charge < -0.3 is 5.32 Å². The van der Waals surface area contributed by atoms with Gasteiger partial charge in [0.15, 0.2) is 0 Å². The molecule has 0 bridgehead atoms. The first-order valence-electron chi connectivity index (χ1n) is 4.54. The van der Waals surface area contributed by atoms with Crippen LogP contribution < -0.4 is 5.32 Å². The van der Waals surface area contributed by atoms with E-state index in [4.69, 9.17) is 0 Å². The lowest BCUT2D eigenvalue weighted by Crippen LogP contribution is -2.34. The summed E-state index contributed by atoms with van der Waals surface area (Å²) in [5.41, 5.74) is 0. The van der Waals surface area contributed by atoms with Gasteiger partial charge in [-0.2, -0.15) is 11.8 Å². The molecule has 2 heteroatoms. The van der Waals surface area contributed by atoms with E-state index < -0.39 is 0 Å². The molecule has 66 valence electrons. The van der Waals surface area contributed by atoms with Crippen LogP contribution in [0.4, 0.5) is 0 Å². The van der Waals surface area contributed by atoms with E-state index in [1.807, 2.05) is 11.8 Å². The normalized spacial score (nSPS) is 22.4. The highest BCUT2D eigenvalue weighted by atomic mass is 32.2. The summed E-state index contributed by atoms with van der Waals surface area (Å²) < 4.78 is 0. The zero-order valence-corrected chi connectivity index (χ0v) is 8.41. The van der Waals surface area contributed by atoms with Crippen molar-refractivity contribution in [2.24, 2.45) is 5.92 Å². The van der Waals surface area contributed by atoms with Gasteiger partial charge >= 0.3 is 0 Å². The van der Waals surface area contributed by atoms with Crippen molar-refractivity contribution in [3.05, 3.63) is 0 Å². The van der Waals surface area contributed by atoms with Crippen LogP contribution in [0.15, 0.2) is 0 Å². The van der Waals surface area contributed by atoms with Gasteiger partial charge in [0.25, 0.3) is 0 Å². The van der Waals surface area contributed by atoms with Crippen LogP contribution in [-0.2, 0) is 0 Å². The molecule has 0 aliphatic heterocycles.